The van der Waals surface area contributed by atoms with Crippen molar-refractivity contribution in [1.82, 2.24) is 9.55 Å². The van der Waals surface area contributed by atoms with Gasteiger partial charge in [0.2, 0.25) is 5.88 Å². The minimum Gasteiger partial charge on any atom is -0.497 e. The van der Waals surface area contributed by atoms with E-state index in [0.717, 1.165) is 32.7 Å². The van der Waals surface area contributed by atoms with E-state index >= 15 is 0 Å². The smallest absolute Gasteiger partial charge is 0.419 e. The van der Waals surface area contributed by atoms with E-state index in [1.807, 2.05) is 24.3 Å². The number of alkyl halides is 4. The number of benzene rings is 2. The number of carbonyl (C=O) groups is 1. The second-order valence-electron chi connectivity index (χ2n) is 11.0. The predicted octanol–water partition coefficient (Wildman–Crippen LogP) is 8.43. The van der Waals surface area contributed by atoms with Gasteiger partial charge in [-0.05, 0) is 55.7 Å². The summed E-state index contributed by atoms with van der Waals surface area (Å²) in [5, 5.41) is 0.757. The minimum atomic E-state index is -4.71. The predicted molar refractivity (Wildman–Crippen MR) is 166 cm³/mol. The third-order valence-corrected chi connectivity index (χ3v) is 6.63. The lowest BCUT2D eigenvalue weighted by atomic mass is 10.1. The molecule has 0 saturated carbocycles. The monoisotopic (exact) mass is 690 g/mol. The van der Waals surface area contributed by atoms with Crippen LogP contribution in [0.5, 0.6) is 17.4 Å². The van der Waals surface area contributed by atoms with Crippen molar-refractivity contribution in [2.24, 2.45) is 0 Å². The molecule has 0 spiro atoms. The van der Waals surface area contributed by atoms with Crippen molar-refractivity contribution in [3.63, 3.8) is 0 Å². The Bertz CT molecular complexity index is 1570. The van der Waals surface area contributed by atoms with E-state index in [0.29, 0.717) is 25.2 Å². The summed E-state index contributed by atoms with van der Waals surface area (Å²) >= 11 is 3.33. The molecule has 2 aromatic carbocycles. The molecule has 0 N–H and O–H groups in total. The van der Waals surface area contributed by atoms with Crippen LogP contribution in [0.15, 0.2) is 73.1 Å². The molecule has 0 aliphatic carbocycles. The van der Waals surface area contributed by atoms with Gasteiger partial charge in [-0.3, -0.25) is 4.57 Å². The van der Waals surface area contributed by atoms with Gasteiger partial charge < -0.3 is 23.7 Å². The number of rotatable bonds is 12. The highest BCUT2D eigenvalue weighted by Crippen LogP contribution is 2.38. The maximum Gasteiger partial charge on any atom is 0.419 e. The number of ether oxygens (including phenoxy) is 5. The average Bonchev–Trinajstić information content (AvgIpc) is 3.46. The zero-order valence-electron chi connectivity index (χ0n) is 25.3. The highest BCUT2D eigenvalue weighted by Gasteiger charge is 2.35. The topological polar surface area (TPSA) is 81.0 Å². The molecule has 0 amide bonds. The lowest BCUT2D eigenvalue weighted by Crippen LogP contribution is -2.27. The minimum absolute atomic E-state index is 0.0678. The third kappa shape index (κ3) is 9.73. The van der Waals surface area contributed by atoms with Crippen LogP contribution in [-0.4, -0.2) is 40.3 Å². The number of aromatic nitrogens is 2. The number of nitrogens with zero attached hydrogens (tertiary/aromatic N) is 2. The summed E-state index contributed by atoms with van der Waals surface area (Å²) in [6, 6.07) is 17.2. The van der Waals surface area contributed by atoms with Crippen molar-refractivity contribution in [1.29, 1.82) is 0 Å². The highest BCUT2D eigenvalue weighted by atomic mass is 79.9. The van der Waals surface area contributed by atoms with E-state index < -0.39 is 23.4 Å². The summed E-state index contributed by atoms with van der Waals surface area (Å²) < 4.78 is 70.4. The molecule has 0 unspecified atom stereocenters. The van der Waals surface area contributed by atoms with Crippen LogP contribution in [0, 0.1) is 0 Å². The zero-order valence-corrected chi connectivity index (χ0v) is 26.9. The molecule has 0 aliphatic heterocycles. The number of carbonyl (C=O) groups excluding carboxylic acids is 1. The molecule has 0 atom stereocenters. The van der Waals surface area contributed by atoms with Crippen LogP contribution in [0.3, 0.4) is 0 Å². The summed E-state index contributed by atoms with van der Waals surface area (Å²) in [5.41, 5.74) is 0.746. The van der Waals surface area contributed by atoms with E-state index in [1.165, 1.54) is 12.3 Å². The van der Waals surface area contributed by atoms with Crippen LogP contribution >= 0.6 is 15.9 Å². The van der Waals surface area contributed by atoms with Gasteiger partial charge >= 0.3 is 12.3 Å². The van der Waals surface area contributed by atoms with Gasteiger partial charge in [0, 0.05) is 23.8 Å². The van der Waals surface area contributed by atoms with E-state index in [9.17, 15) is 18.0 Å². The fraction of sp³-hybridized carbons (Fsp3) is 0.333. The van der Waals surface area contributed by atoms with E-state index in [-0.39, 0.29) is 36.1 Å². The Balaban J connectivity index is 1.65. The maximum absolute atomic E-state index is 13.8. The van der Waals surface area contributed by atoms with Crippen LogP contribution in [0.4, 0.5) is 18.0 Å². The second-order valence-corrected chi connectivity index (χ2v) is 11.8. The van der Waals surface area contributed by atoms with Crippen molar-refractivity contribution >= 4 is 22.0 Å². The quantitative estimate of drug-likeness (QED) is 0.109. The number of hydrogen-bond acceptors (Lipinski definition) is 7. The average molecular weight is 692 g/mol. The van der Waals surface area contributed by atoms with Gasteiger partial charge in [0.1, 0.15) is 30.3 Å². The fourth-order valence-electron chi connectivity index (χ4n) is 4.11. The summed E-state index contributed by atoms with van der Waals surface area (Å²) in [5.74, 6) is 1.000. The molecule has 4 aromatic rings. The summed E-state index contributed by atoms with van der Waals surface area (Å²) in [6.07, 6.45) is -3.66. The highest BCUT2D eigenvalue weighted by molar-refractivity contribution is 9.09. The molecule has 8 nitrogen and oxygen atoms in total. The van der Waals surface area contributed by atoms with Crippen LogP contribution in [-0.2, 0) is 35.5 Å². The van der Waals surface area contributed by atoms with Crippen LogP contribution in [0.2, 0.25) is 0 Å². The molecule has 45 heavy (non-hydrogen) atoms. The number of hydrogen-bond donors (Lipinski definition) is 0. The first-order valence-corrected chi connectivity index (χ1v) is 15.1. The molecule has 0 saturated heterocycles. The Morgan fingerprint density at radius 1 is 0.889 bits per heavy atom. The molecular weight excluding hydrogens is 657 g/mol. The van der Waals surface area contributed by atoms with Gasteiger partial charge in [-0.25, -0.2) is 9.78 Å². The van der Waals surface area contributed by atoms with Gasteiger partial charge in [0.15, 0.2) is 0 Å². The summed E-state index contributed by atoms with van der Waals surface area (Å²) in [4.78, 5) is 17.4. The molecular formula is C33H34BrF3N2O6. The van der Waals surface area contributed by atoms with Gasteiger partial charge in [0.05, 0.1) is 37.1 Å². The van der Waals surface area contributed by atoms with Crippen molar-refractivity contribution in [3.8, 4) is 28.6 Å². The Kier molecular flexibility index (Phi) is 11.2. The van der Waals surface area contributed by atoms with E-state index in [1.54, 1.807) is 52.1 Å². The summed E-state index contributed by atoms with van der Waals surface area (Å²) in [6.45, 7) is 6.23. The lowest BCUT2D eigenvalue weighted by molar-refractivity contribution is -0.137. The molecule has 0 aliphatic rings. The molecule has 240 valence electrons. The van der Waals surface area contributed by atoms with E-state index in [4.69, 9.17) is 23.7 Å². The first-order valence-electron chi connectivity index (χ1n) is 14.0. The van der Waals surface area contributed by atoms with Crippen LogP contribution < -0.4 is 14.2 Å². The van der Waals surface area contributed by atoms with Crippen molar-refractivity contribution in [2.75, 3.05) is 19.0 Å². The number of methoxy groups -OCH3 is 1. The molecule has 2 heterocycles. The Labute approximate surface area is 268 Å². The lowest BCUT2D eigenvalue weighted by Gasteiger charge is -2.21. The Hall–Kier alpha value is -4.03. The molecule has 0 radical (unpaired) electrons. The molecule has 0 bridgehead atoms. The molecule has 2 aromatic heterocycles. The van der Waals surface area contributed by atoms with E-state index in [2.05, 4.69) is 20.9 Å². The van der Waals surface area contributed by atoms with Crippen LogP contribution in [0.1, 0.15) is 43.0 Å². The summed E-state index contributed by atoms with van der Waals surface area (Å²) in [7, 11) is 1.56. The van der Waals surface area contributed by atoms with Crippen molar-refractivity contribution < 1.29 is 41.7 Å². The largest absolute Gasteiger partial charge is 0.497 e. The normalized spacial score (nSPS) is 11.7. The van der Waals surface area contributed by atoms with Crippen molar-refractivity contribution in [2.45, 2.75) is 52.4 Å². The van der Waals surface area contributed by atoms with Gasteiger partial charge in [-0.15, -0.1) is 0 Å². The van der Waals surface area contributed by atoms with Crippen LogP contribution in [0.25, 0.3) is 11.3 Å². The Morgan fingerprint density at radius 2 is 1.49 bits per heavy atom. The number of halogens is 4. The molecule has 12 heteroatoms. The first-order chi connectivity index (χ1) is 21.4. The standard InChI is InChI=1S/C33H34BrF3N2O6/c1-32(2,3)45-31(40)39-18-25(33(35,36)37)15-28(39)27-17-38-30(16-29(27)43-20-24-9-11-26(41-4)12-10-24)44-21-23-7-5-22(6-8-23)19-42-14-13-34/h5-12,15-18H,13-14,19-21H2,1-4H3. The zero-order chi connectivity index (χ0) is 32.6. The van der Waals surface area contributed by atoms with Crippen molar-refractivity contribution in [3.05, 3.63) is 95.3 Å². The second kappa shape index (κ2) is 14.8. The van der Waals surface area contributed by atoms with Gasteiger partial charge in [-0.1, -0.05) is 52.3 Å². The molecule has 4 rings (SSSR count). The SMILES string of the molecule is COc1ccc(COc2cc(OCc3ccc(COCCBr)cc3)ncc2-c2cc(C(F)(F)F)cn2C(=O)OC(C)(C)C)cc1. The number of pyridine rings is 1. The van der Waals surface area contributed by atoms with Gasteiger partial charge in [-0.2, -0.15) is 13.2 Å². The Morgan fingerprint density at radius 3 is 2.07 bits per heavy atom. The fourth-order valence-corrected chi connectivity index (χ4v) is 4.34. The van der Waals surface area contributed by atoms with Gasteiger partial charge in [0.25, 0.3) is 0 Å². The first kappa shape index (κ1) is 33.9. The maximum atomic E-state index is 13.8. The molecule has 0 fully saturated rings. The third-order valence-electron chi connectivity index (χ3n) is 6.31.